The van der Waals surface area contributed by atoms with E-state index in [9.17, 15) is 18.0 Å². The van der Waals surface area contributed by atoms with Crippen LogP contribution in [0.25, 0.3) is 0 Å². The normalized spacial score (nSPS) is 20.5. The number of benzene rings is 1. The smallest absolute Gasteiger partial charge is 0.325 e. The lowest BCUT2D eigenvalue weighted by Crippen LogP contribution is -2.20. The number of carbonyl (C=O) groups is 1. The molecule has 0 aromatic heterocycles. The Hall–Kier alpha value is -1.17. The zero-order chi connectivity index (χ0) is 12.6. The second-order valence-corrected chi connectivity index (χ2v) is 5.14. The van der Waals surface area contributed by atoms with Crippen LogP contribution in [0.5, 0.6) is 0 Å². The molecule has 0 bridgehead atoms. The van der Waals surface area contributed by atoms with E-state index < -0.39 is 11.7 Å². The summed E-state index contributed by atoms with van der Waals surface area (Å²) in [4.78, 5) is 11.5. The molecule has 0 radical (unpaired) electrons. The number of carbonyl (C=O) groups excluding carboxylic acids is 1. The van der Waals surface area contributed by atoms with Crippen molar-refractivity contribution in [3.05, 3.63) is 29.3 Å². The molecule has 1 aliphatic heterocycles. The number of thioether (sulfide) groups is 1. The van der Waals surface area contributed by atoms with Crippen molar-refractivity contribution in [3.63, 3.8) is 0 Å². The molecule has 0 saturated carbocycles. The molecule has 2 rings (SSSR count). The summed E-state index contributed by atoms with van der Waals surface area (Å²) in [5, 5.41) is 2.37. The van der Waals surface area contributed by atoms with Gasteiger partial charge >= 0.3 is 6.18 Å². The molecule has 0 aliphatic carbocycles. The maximum absolute atomic E-state index is 12.5. The maximum atomic E-state index is 12.5. The number of halogens is 3. The third kappa shape index (κ3) is 2.57. The highest BCUT2D eigenvalue weighted by Gasteiger charge is 2.31. The van der Waals surface area contributed by atoms with Crippen LogP contribution in [-0.2, 0) is 16.7 Å². The molecule has 92 valence electrons. The van der Waals surface area contributed by atoms with E-state index in [0.717, 1.165) is 12.1 Å². The van der Waals surface area contributed by atoms with Gasteiger partial charge in [0.2, 0.25) is 5.91 Å². The van der Waals surface area contributed by atoms with Gasteiger partial charge in [-0.25, -0.2) is 0 Å². The number of hydrogen-bond donors (Lipinski definition) is 1. The van der Waals surface area contributed by atoms with Gasteiger partial charge in [0.25, 0.3) is 0 Å². The van der Waals surface area contributed by atoms with Crippen LogP contribution in [0.2, 0.25) is 0 Å². The van der Waals surface area contributed by atoms with Gasteiger partial charge in [-0.2, -0.15) is 13.2 Å². The van der Waals surface area contributed by atoms with Crippen molar-refractivity contribution in [1.29, 1.82) is 0 Å². The largest absolute Gasteiger partial charge is 0.416 e. The van der Waals surface area contributed by atoms with Gasteiger partial charge in [-0.15, -0.1) is 11.8 Å². The van der Waals surface area contributed by atoms with Crippen molar-refractivity contribution in [2.75, 3.05) is 5.32 Å². The minimum atomic E-state index is -4.35. The number of amides is 1. The molecule has 1 aliphatic rings. The average Bonchev–Trinajstić information content (AvgIpc) is 2.38. The van der Waals surface area contributed by atoms with Crippen LogP contribution >= 0.6 is 11.8 Å². The van der Waals surface area contributed by atoms with E-state index in [0.29, 0.717) is 17.0 Å². The van der Waals surface area contributed by atoms with Gasteiger partial charge in [-0.05, 0) is 30.7 Å². The highest BCUT2D eigenvalue weighted by molar-refractivity contribution is 7.99. The average molecular weight is 261 g/mol. The Labute approximate surface area is 101 Å². The van der Waals surface area contributed by atoms with Crippen molar-refractivity contribution in [3.8, 4) is 0 Å². The first-order chi connectivity index (χ1) is 7.88. The Bertz CT molecular complexity index is 459. The molecule has 6 heteroatoms. The summed E-state index contributed by atoms with van der Waals surface area (Å²) in [6.45, 7) is 1.73. The van der Waals surface area contributed by atoms with Gasteiger partial charge in [0.1, 0.15) is 0 Å². The SMILES string of the molecule is C[C@H]1SCc2cc(C(F)(F)F)ccc2NC1=O. The lowest BCUT2D eigenvalue weighted by molar-refractivity contribution is -0.137. The summed E-state index contributed by atoms with van der Waals surface area (Å²) >= 11 is 1.33. The van der Waals surface area contributed by atoms with E-state index in [2.05, 4.69) is 5.32 Å². The van der Waals surface area contributed by atoms with Crippen LogP contribution in [0.3, 0.4) is 0 Å². The second-order valence-electron chi connectivity index (χ2n) is 3.81. The van der Waals surface area contributed by atoms with Crippen LogP contribution in [0, 0.1) is 0 Å². The fraction of sp³-hybridized carbons (Fsp3) is 0.364. The molecule has 0 spiro atoms. The van der Waals surface area contributed by atoms with Gasteiger partial charge in [-0.3, -0.25) is 4.79 Å². The predicted octanol–water partition coefficient (Wildman–Crippen LogP) is 3.28. The van der Waals surface area contributed by atoms with E-state index in [1.54, 1.807) is 6.92 Å². The molecule has 0 saturated heterocycles. The van der Waals surface area contributed by atoms with Gasteiger partial charge in [-0.1, -0.05) is 0 Å². The molecule has 1 aromatic carbocycles. The highest BCUT2D eigenvalue weighted by atomic mass is 32.2. The Balaban J connectivity index is 2.38. The van der Waals surface area contributed by atoms with Crippen LogP contribution in [0.15, 0.2) is 18.2 Å². The zero-order valence-electron chi connectivity index (χ0n) is 8.97. The number of nitrogens with one attached hydrogen (secondary N) is 1. The molecule has 1 N–H and O–H groups in total. The number of alkyl halides is 3. The fourth-order valence-corrected chi connectivity index (χ4v) is 2.41. The summed E-state index contributed by atoms with van der Waals surface area (Å²) < 4.78 is 37.6. The maximum Gasteiger partial charge on any atom is 0.416 e. The van der Waals surface area contributed by atoms with Crippen molar-refractivity contribution in [1.82, 2.24) is 0 Å². The summed E-state index contributed by atoms with van der Waals surface area (Å²) in [7, 11) is 0. The quantitative estimate of drug-likeness (QED) is 0.776. The van der Waals surface area contributed by atoms with E-state index in [4.69, 9.17) is 0 Å². The molecule has 1 heterocycles. The molecule has 1 aromatic rings. The van der Waals surface area contributed by atoms with Crippen LogP contribution in [-0.4, -0.2) is 11.2 Å². The fourth-order valence-electron chi connectivity index (χ4n) is 1.54. The number of hydrogen-bond acceptors (Lipinski definition) is 2. The zero-order valence-corrected chi connectivity index (χ0v) is 9.78. The molecular weight excluding hydrogens is 251 g/mol. The van der Waals surface area contributed by atoms with Crippen molar-refractivity contribution in [2.24, 2.45) is 0 Å². The van der Waals surface area contributed by atoms with Crippen LogP contribution < -0.4 is 5.32 Å². The van der Waals surface area contributed by atoms with Crippen molar-refractivity contribution < 1.29 is 18.0 Å². The van der Waals surface area contributed by atoms with Gasteiger partial charge < -0.3 is 5.32 Å². The van der Waals surface area contributed by atoms with E-state index >= 15 is 0 Å². The van der Waals surface area contributed by atoms with E-state index in [-0.39, 0.29) is 11.2 Å². The molecule has 17 heavy (non-hydrogen) atoms. The van der Waals surface area contributed by atoms with Gasteiger partial charge in [0.05, 0.1) is 10.8 Å². The first-order valence-electron chi connectivity index (χ1n) is 5.00. The first kappa shape index (κ1) is 12.3. The Morgan fingerprint density at radius 3 is 2.76 bits per heavy atom. The van der Waals surface area contributed by atoms with Crippen LogP contribution in [0.4, 0.5) is 18.9 Å². The first-order valence-corrected chi connectivity index (χ1v) is 6.05. The van der Waals surface area contributed by atoms with E-state index in [1.807, 2.05) is 0 Å². The van der Waals surface area contributed by atoms with Crippen molar-refractivity contribution >= 4 is 23.4 Å². The minimum Gasteiger partial charge on any atom is -0.325 e. The Kier molecular flexibility index (Phi) is 3.07. The summed E-state index contributed by atoms with van der Waals surface area (Å²) in [5.41, 5.74) is 0.308. The summed E-state index contributed by atoms with van der Waals surface area (Å²) in [6.07, 6.45) is -4.35. The molecule has 2 nitrogen and oxygen atoms in total. The highest BCUT2D eigenvalue weighted by Crippen LogP contribution is 2.35. The van der Waals surface area contributed by atoms with Gasteiger partial charge in [0, 0.05) is 11.4 Å². The third-order valence-electron chi connectivity index (χ3n) is 2.55. The standard InChI is InChI=1S/C11H10F3NOS/c1-6-10(16)15-9-3-2-8(11(12,13)14)4-7(9)5-17-6/h2-4,6H,5H2,1H3,(H,15,16)/t6-/m1/s1. The molecule has 0 unspecified atom stereocenters. The van der Waals surface area contributed by atoms with E-state index in [1.165, 1.54) is 17.8 Å². The second kappa shape index (κ2) is 4.25. The molecule has 0 fully saturated rings. The van der Waals surface area contributed by atoms with Crippen LogP contribution in [0.1, 0.15) is 18.1 Å². The summed E-state index contributed by atoms with van der Waals surface area (Å²) in [5.74, 6) is 0.229. The van der Waals surface area contributed by atoms with Gasteiger partial charge in [0.15, 0.2) is 0 Å². The Morgan fingerprint density at radius 1 is 1.41 bits per heavy atom. The molecular formula is C11H10F3NOS. The monoisotopic (exact) mass is 261 g/mol. The topological polar surface area (TPSA) is 29.1 Å². The minimum absolute atomic E-state index is 0.173. The van der Waals surface area contributed by atoms with Crippen molar-refractivity contribution in [2.45, 2.75) is 24.1 Å². The molecule has 1 amide bonds. The predicted molar refractivity (Wildman–Crippen MR) is 60.8 cm³/mol. The third-order valence-corrected chi connectivity index (χ3v) is 3.74. The molecule has 1 atom stereocenters. The lowest BCUT2D eigenvalue weighted by Gasteiger charge is -2.11. The lowest BCUT2D eigenvalue weighted by atomic mass is 10.1. The summed E-state index contributed by atoms with van der Waals surface area (Å²) in [6, 6.07) is 3.40. The number of fused-ring (bicyclic) bond motifs is 1. The number of rotatable bonds is 0. The number of anilines is 1. The Morgan fingerprint density at radius 2 is 2.12 bits per heavy atom.